The number of anilines is 1. The van der Waals surface area contributed by atoms with E-state index in [0.29, 0.717) is 0 Å². The zero-order chi connectivity index (χ0) is 14.6. The highest BCUT2D eigenvalue weighted by atomic mass is 35.5. The summed E-state index contributed by atoms with van der Waals surface area (Å²) >= 11 is 5.81. The van der Waals surface area contributed by atoms with Crippen molar-refractivity contribution in [2.45, 2.75) is 11.3 Å². The molecular formula is C13H10ClN3O2S. The number of benzene rings is 1. The lowest BCUT2D eigenvalue weighted by atomic mass is 10.2. The molecule has 1 aromatic carbocycles. The van der Waals surface area contributed by atoms with Crippen molar-refractivity contribution in [2.75, 3.05) is 4.72 Å². The van der Waals surface area contributed by atoms with Crippen molar-refractivity contribution in [1.82, 2.24) is 4.98 Å². The second-order valence-corrected chi connectivity index (χ2v) is 5.97. The van der Waals surface area contributed by atoms with E-state index in [9.17, 15) is 8.42 Å². The summed E-state index contributed by atoms with van der Waals surface area (Å²) in [5.41, 5.74) is 0.973. The maximum absolute atomic E-state index is 12.2. The first-order chi connectivity index (χ1) is 9.53. The van der Waals surface area contributed by atoms with Gasteiger partial charge in [-0.3, -0.25) is 4.72 Å². The minimum Gasteiger partial charge on any atom is -0.276 e. The molecule has 0 radical (unpaired) electrons. The Kier molecular flexibility index (Phi) is 4.23. The number of sulfonamides is 1. The van der Waals surface area contributed by atoms with Crippen LogP contribution >= 0.6 is 11.6 Å². The van der Waals surface area contributed by atoms with Crippen molar-refractivity contribution < 1.29 is 8.42 Å². The fourth-order valence-corrected chi connectivity index (χ4v) is 2.83. The molecule has 1 N–H and O–H groups in total. The van der Waals surface area contributed by atoms with Gasteiger partial charge in [0.1, 0.15) is 0 Å². The molecule has 0 atom stereocenters. The van der Waals surface area contributed by atoms with Gasteiger partial charge < -0.3 is 0 Å². The summed E-state index contributed by atoms with van der Waals surface area (Å²) < 4.78 is 26.7. The second-order valence-electron chi connectivity index (χ2n) is 3.93. The number of hydrogen-bond donors (Lipinski definition) is 1. The van der Waals surface area contributed by atoms with Gasteiger partial charge in [-0.15, -0.1) is 0 Å². The minimum absolute atomic E-state index is 0.0807. The summed E-state index contributed by atoms with van der Waals surface area (Å²) in [7, 11) is -3.72. The van der Waals surface area contributed by atoms with E-state index in [0.717, 1.165) is 5.56 Å². The molecule has 0 aliphatic rings. The second kappa shape index (κ2) is 5.90. The van der Waals surface area contributed by atoms with Crippen LogP contribution in [0.1, 0.15) is 5.56 Å². The molecule has 0 spiro atoms. The summed E-state index contributed by atoms with van der Waals surface area (Å²) in [6.45, 7) is 0. The van der Waals surface area contributed by atoms with Gasteiger partial charge in [0.05, 0.1) is 23.1 Å². The van der Waals surface area contributed by atoms with Gasteiger partial charge in [0, 0.05) is 6.20 Å². The summed E-state index contributed by atoms with van der Waals surface area (Å²) in [5, 5.41) is 8.65. The van der Waals surface area contributed by atoms with Gasteiger partial charge in [-0.25, -0.2) is 13.4 Å². The Morgan fingerprint density at radius 1 is 1.25 bits per heavy atom. The third-order valence-corrected chi connectivity index (χ3v) is 4.20. The van der Waals surface area contributed by atoms with Crippen LogP contribution in [0, 0.1) is 11.3 Å². The predicted molar refractivity (Wildman–Crippen MR) is 75.8 cm³/mol. The summed E-state index contributed by atoms with van der Waals surface area (Å²) in [6, 6.07) is 11.2. The lowest BCUT2D eigenvalue weighted by Gasteiger charge is -2.09. The van der Waals surface area contributed by atoms with E-state index >= 15 is 0 Å². The van der Waals surface area contributed by atoms with Gasteiger partial charge in [-0.1, -0.05) is 23.7 Å². The van der Waals surface area contributed by atoms with E-state index < -0.39 is 10.0 Å². The molecule has 0 saturated heterocycles. The molecule has 0 fully saturated rings. The molecule has 1 aromatic heterocycles. The third kappa shape index (κ3) is 3.26. The molecule has 0 aliphatic carbocycles. The highest BCUT2D eigenvalue weighted by molar-refractivity contribution is 7.92. The fraction of sp³-hybridized carbons (Fsp3) is 0.0769. The average Bonchev–Trinajstić information content (AvgIpc) is 2.42. The Morgan fingerprint density at radius 3 is 2.55 bits per heavy atom. The van der Waals surface area contributed by atoms with E-state index in [2.05, 4.69) is 9.71 Å². The Labute approximate surface area is 121 Å². The first-order valence-electron chi connectivity index (χ1n) is 5.62. The topological polar surface area (TPSA) is 82.8 Å². The van der Waals surface area contributed by atoms with Crippen molar-refractivity contribution in [3.05, 3.63) is 53.3 Å². The number of nitrogens with zero attached hydrogens (tertiary/aromatic N) is 2. The van der Waals surface area contributed by atoms with E-state index in [1.165, 1.54) is 24.4 Å². The van der Waals surface area contributed by atoms with Gasteiger partial charge >= 0.3 is 0 Å². The largest absolute Gasteiger partial charge is 0.276 e. The lowest BCUT2D eigenvalue weighted by molar-refractivity contribution is 0.601. The monoisotopic (exact) mass is 307 g/mol. The number of aromatic nitrogens is 1. The van der Waals surface area contributed by atoms with Gasteiger partial charge in [-0.2, -0.15) is 5.26 Å². The molecule has 102 valence electrons. The van der Waals surface area contributed by atoms with Gasteiger partial charge in [-0.05, 0) is 29.8 Å². The highest BCUT2D eigenvalue weighted by Gasteiger charge is 2.15. The van der Waals surface area contributed by atoms with Gasteiger partial charge in [0.2, 0.25) is 0 Å². The molecule has 5 nitrogen and oxygen atoms in total. The lowest BCUT2D eigenvalue weighted by Crippen LogP contribution is -2.13. The summed E-state index contributed by atoms with van der Waals surface area (Å²) in [5.74, 6) is 0. The number of hydrogen-bond acceptors (Lipinski definition) is 4. The van der Waals surface area contributed by atoms with E-state index in [1.54, 1.807) is 18.2 Å². The quantitative estimate of drug-likeness (QED) is 0.880. The maximum Gasteiger partial charge on any atom is 0.261 e. The summed E-state index contributed by atoms with van der Waals surface area (Å²) in [6.07, 6.45) is 1.71. The van der Waals surface area contributed by atoms with Crippen molar-refractivity contribution in [3.63, 3.8) is 0 Å². The number of halogens is 1. The van der Waals surface area contributed by atoms with Crippen LogP contribution in [0.15, 0.2) is 47.5 Å². The molecule has 7 heteroatoms. The van der Waals surface area contributed by atoms with Crippen LogP contribution in [-0.2, 0) is 16.4 Å². The molecule has 0 bridgehead atoms. The maximum atomic E-state index is 12.2. The fourth-order valence-electron chi connectivity index (χ4n) is 1.54. The highest BCUT2D eigenvalue weighted by Crippen LogP contribution is 2.22. The van der Waals surface area contributed by atoms with Gasteiger partial charge in [0.25, 0.3) is 10.0 Å². The Balaban J connectivity index is 2.27. The Hall–Kier alpha value is -2.10. The average molecular weight is 308 g/mol. The molecular weight excluding hydrogens is 298 g/mol. The predicted octanol–water partition coefficient (Wildman–Crippen LogP) is 2.60. The van der Waals surface area contributed by atoms with Crippen LogP contribution in [0.3, 0.4) is 0 Å². The van der Waals surface area contributed by atoms with Crippen LogP contribution in [0.4, 0.5) is 5.69 Å². The SMILES string of the molecule is N#CCc1ccc(S(=O)(=O)Nc2cccnc2Cl)cc1. The van der Waals surface area contributed by atoms with Crippen molar-refractivity contribution in [2.24, 2.45) is 0 Å². The molecule has 1 heterocycles. The number of nitriles is 1. The van der Waals surface area contributed by atoms with E-state index in [4.69, 9.17) is 16.9 Å². The van der Waals surface area contributed by atoms with Crippen LogP contribution in [0.5, 0.6) is 0 Å². The molecule has 2 rings (SSSR count). The molecule has 20 heavy (non-hydrogen) atoms. The molecule has 2 aromatic rings. The number of nitrogens with one attached hydrogen (secondary N) is 1. The number of rotatable bonds is 4. The molecule has 0 aliphatic heterocycles. The van der Waals surface area contributed by atoms with Crippen molar-refractivity contribution in [1.29, 1.82) is 5.26 Å². The van der Waals surface area contributed by atoms with Crippen LogP contribution in [-0.4, -0.2) is 13.4 Å². The Bertz CT molecular complexity index is 752. The van der Waals surface area contributed by atoms with E-state index in [1.807, 2.05) is 6.07 Å². The first-order valence-corrected chi connectivity index (χ1v) is 7.48. The Morgan fingerprint density at radius 2 is 1.95 bits per heavy atom. The van der Waals surface area contributed by atoms with Gasteiger partial charge in [0.15, 0.2) is 5.15 Å². The first kappa shape index (κ1) is 14.3. The van der Waals surface area contributed by atoms with Crippen molar-refractivity contribution in [3.8, 4) is 6.07 Å². The van der Waals surface area contributed by atoms with Crippen LogP contribution < -0.4 is 4.72 Å². The van der Waals surface area contributed by atoms with Crippen LogP contribution in [0.25, 0.3) is 0 Å². The number of pyridine rings is 1. The third-order valence-electron chi connectivity index (χ3n) is 2.52. The molecule has 0 amide bonds. The normalized spacial score (nSPS) is 10.8. The minimum atomic E-state index is -3.72. The summed E-state index contributed by atoms with van der Waals surface area (Å²) in [4.78, 5) is 3.89. The van der Waals surface area contributed by atoms with Crippen molar-refractivity contribution >= 4 is 27.3 Å². The molecule has 0 unspecified atom stereocenters. The standard InChI is InChI=1S/C13H10ClN3O2S/c14-13-12(2-1-9-16-13)17-20(18,19)11-5-3-10(4-6-11)7-8-15/h1-6,9,17H,7H2. The zero-order valence-electron chi connectivity index (χ0n) is 10.2. The zero-order valence-corrected chi connectivity index (χ0v) is 11.8. The van der Waals surface area contributed by atoms with Crippen LogP contribution in [0.2, 0.25) is 5.15 Å². The molecule has 0 saturated carbocycles. The van der Waals surface area contributed by atoms with E-state index in [-0.39, 0.29) is 22.2 Å². The smallest absolute Gasteiger partial charge is 0.261 e.